The fourth-order valence-corrected chi connectivity index (χ4v) is 5.33. The molecule has 40 heavy (non-hydrogen) atoms. The zero-order chi connectivity index (χ0) is 28.2. The molecule has 3 aromatic carbocycles. The Labute approximate surface area is 244 Å². The molecule has 0 aliphatic heterocycles. The van der Waals surface area contributed by atoms with E-state index in [2.05, 4.69) is 31.1 Å². The van der Waals surface area contributed by atoms with Gasteiger partial charge in [0.25, 0.3) is 0 Å². The fraction of sp³-hybridized carbons (Fsp3) is 0.0741. The van der Waals surface area contributed by atoms with E-state index in [9.17, 15) is 9.90 Å². The summed E-state index contributed by atoms with van der Waals surface area (Å²) in [6, 6.07) is 17.0. The monoisotopic (exact) mass is 635 g/mol. The van der Waals surface area contributed by atoms with Crippen molar-refractivity contribution >= 4 is 67.7 Å². The minimum Gasteiger partial charge on any atom is -0.504 e. The fourth-order valence-electron chi connectivity index (χ4n) is 3.66. The van der Waals surface area contributed by atoms with Gasteiger partial charge < -0.3 is 19.3 Å². The standard InChI is InChI=1S/C27H18BrN5O5S2/c1-36-22-11-16(19(28)13-21(22)34)9-10-33-25(31-32-26(33)39-2)15-3-5-17(6-4-15)37-27(35)38-18-7-8-23-20(12-18)30-24(14-29)40-23/h3-13,34H,1-2H3/b10-9+. The quantitative estimate of drug-likeness (QED) is 0.115. The number of nitriles is 1. The average molecular weight is 637 g/mol. The first-order valence-electron chi connectivity index (χ1n) is 11.4. The molecule has 0 atom stereocenters. The number of aromatic hydroxyl groups is 1. The van der Waals surface area contributed by atoms with Crippen LogP contribution in [0.4, 0.5) is 4.79 Å². The van der Waals surface area contributed by atoms with Crippen molar-refractivity contribution in [3.05, 3.63) is 69.6 Å². The summed E-state index contributed by atoms with van der Waals surface area (Å²) in [5.74, 6) is 1.49. The van der Waals surface area contributed by atoms with Crippen molar-refractivity contribution in [1.82, 2.24) is 19.7 Å². The predicted octanol–water partition coefficient (Wildman–Crippen LogP) is 6.83. The van der Waals surface area contributed by atoms with Crippen LogP contribution in [0, 0.1) is 11.3 Å². The normalized spacial score (nSPS) is 11.1. The van der Waals surface area contributed by atoms with Crippen molar-refractivity contribution < 1.29 is 24.1 Å². The number of aromatic nitrogens is 4. The minimum absolute atomic E-state index is 0.0298. The van der Waals surface area contributed by atoms with Gasteiger partial charge in [0.1, 0.15) is 17.6 Å². The Morgan fingerprint density at radius 2 is 1.88 bits per heavy atom. The molecule has 0 fully saturated rings. The van der Waals surface area contributed by atoms with Crippen LogP contribution in [0.2, 0.25) is 0 Å². The molecule has 200 valence electrons. The molecule has 2 heterocycles. The number of thioether (sulfide) groups is 1. The molecular formula is C27H18BrN5O5S2. The first kappa shape index (κ1) is 27.2. The van der Waals surface area contributed by atoms with E-state index in [1.165, 1.54) is 30.2 Å². The number of ether oxygens (including phenoxy) is 3. The third kappa shape index (κ3) is 5.79. The predicted molar refractivity (Wildman–Crippen MR) is 156 cm³/mol. The van der Waals surface area contributed by atoms with E-state index >= 15 is 0 Å². The molecule has 0 radical (unpaired) electrons. The van der Waals surface area contributed by atoms with Gasteiger partial charge in [0.2, 0.25) is 0 Å². The van der Waals surface area contributed by atoms with Gasteiger partial charge in [0.05, 0.1) is 17.3 Å². The Kier molecular flexibility index (Phi) is 8.01. The second-order valence-corrected chi connectivity index (χ2v) is 10.6. The molecule has 0 saturated carbocycles. The highest BCUT2D eigenvalue weighted by atomic mass is 79.9. The number of carbonyl (C=O) groups is 1. The Bertz CT molecular complexity index is 1790. The molecule has 1 N–H and O–H groups in total. The summed E-state index contributed by atoms with van der Waals surface area (Å²) in [6.07, 6.45) is 4.65. The molecule has 0 bridgehead atoms. The highest BCUT2D eigenvalue weighted by Gasteiger charge is 2.15. The highest BCUT2D eigenvalue weighted by Crippen LogP contribution is 2.34. The number of methoxy groups -OCH3 is 1. The van der Waals surface area contributed by atoms with Gasteiger partial charge >= 0.3 is 6.16 Å². The third-order valence-electron chi connectivity index (χ3n) is 5.52. The average Bonchev–Trinajstić information content (AvgIpc) is 3.56. The Morgan fingerprint density at radius 1 is 1.12 bits per heavy atom. The van der Waals surface area contributed by atoms with Crippen LogP contribution in [0.25, 0.3) is 33.9 Å². The summed E-state index contributed by atoms with van der Waals surface area (Å²) in [6.45, 7) is 0. The Hall–Kier alpha value is -4.38. The van der Waals surface area contributed by atoms with Gasteiger partial charge in [-0.05, 0) is 66.4 Å². The summed E-state index contributed by atoms with van der Waals surface area (Å²) in [5.41, 5.74) is 2.08. The third-order valence-corrected chi connectivity index (χ3v) is 7.79. The summed E-state index contributed by atoms with van der Waals surface area (Å²) in [7, 11) is 1.49. The molecule has 5 rings (SSSR count). The lowest BCUT2D eigenvalue weighted by Crippen LogP contribution is -2.13. The number of hydrogen-bond acceptors (Lipinski definition) is 11. The molecule has 0 aliphatic rings. The lowest BCUT2D eigenvalue weighted by Gasteiger charge is -2.08. The summed E-state index contributed by atoms with van der Waals surface area (Å²) >= 11 is 6.15. The molecule has 0 aliphatic carbocycles. The van der Waals surface area contributed by atoms with Crippen molar-refractivity contribution in [2.24, 2.45) is 0 Å². The molecule has 5 aromatic rings. The largest absolute Gasteiger partial charge is 0.519 e. The Morgan fingerprint density at radius 3 is 2.60 bits per heavy atom. The molecule has 10 nitrogen and oxygen atoms in total. The van der Waals surface area contributed by atoms with E-state index in [4.69, 9.17) is 19.5 Å². The Balaban J connectivity index is 1.32. The van der Waals surface area contributed by atoms with Crippen LogP contribution in [-0.2, 0) is 0 Å². The van der Waals surface area contributed by atoms with Crippen LogP contribution >= 0.6 is 39.0 Å². The van der Waals surface area contributed by atoms with Gasteiger partial charge in [-0.1, -0.05) is 27.7 Å². The van der Waals surface area contributed by atoms with Crippen LogP contribution in [0.15, 0.2) is 64.2 Å². The molecular weight excluding hydrogens is 618 g/mol. The van der Waals surface area contributed by atoms with Crippen LogP contribution in [0.5, 0.6) is 23.0 Å². The molecule has 13 heteroatoms. The van der Waals surface area contributed by atoms with Gasteiger partial charge in [-0.2, -0.15) is 5.26 Å². The minimum atomic E-state index is -0.909. The topological polar surface area (TPSA) is 132 Å². The van der Waals surface area contributed by atoms with Gasteiger partial charge in [-0.3, -0.25) is 4.57 Å². The number of rotatable bonds is 7. The first-order valence-corrected chi connectivity index (χ1v) is 14.3. The van der Waals surface area contributed by atoms with E-state index in [1.54, 1.807) is 54.6 Å². The van der Waals surface area contributed by atoms with E-state index in [0.29, 0.717) is 31.7 Å². The van der Waals surface area contributed by atoms with E-state index in [-0.39, 0.29) is 17.2 Å². The number of hydrogen-bond donors (Lipinski definition) is 1. The van der Waals surface area contributed by atoms with Crippen LogP contribution in [-0.4, -0.2) is 44.4 Å². The summed E-state index contributed by atoms with van der Waals surface area (Å²) in [5, 5.41) is 28.6. The maximum absolute atomic E-state index is 12.4. The number of fused-ring (bicyclic) bond motifs is 1. The second kappa shape index (κ2) is 11.8. The summed E-state index contributed by atoms with van der Waals surface area (Å²) in [4.78, 5) is 16.5. The molecule has 0 spiro atoms. The number of phenols is 1. The van der Waals surface area contributed by atoms with E-state index in [1.807, 2.05) is 29.2 Å². The van der Waals surface area contributed by atoms with Crippen molar-refractivity contribution in [1.29, 1.82) is 5.26 Å². The SMILES string of the molecule is COc1cc(/C=C/n2c(SC)nnc2-c2ccc(OC(=O)Oc3ccc4sc(C#N)nc4c3)cc2)c(Br)cc1O. The van der Waals surface area contributed by atoms with Crippen molar-refractivity contribution in [3.63, 3.8) is 0 Å². The number of nitrogens with zero attached hydrogens (tertiary/aromatic N) is 5. The van der Waals surface area contributed by atoms with Crippen LogP contribution < -0.4 is 14.2 Å². The first-order chi connectivity index (χ1) is 19.4. The number of phenolic OH excluding ortho intramolecular Hbond substituents is 1. The van der Waals surface area contributed by atoms with E-state index < -0.39 is 6.16 Å². The maximum atomic E-state index is 12.4. The van der Waals surface area contributed by atoms with Crippen molar-refractivity contribution in [2.45, 2.75) is 5.16 Å². The number of halogens is 1. The lowest BCUT2D eigenvalue weighted by atomic mass is 10.2. The van der Waals surface area contributed by atoms with Gasteiger partial charge in [0, 0.05) is 22.3 Å². The number of benzene rings is 3. The zero-order valence-electron chi connectivity index (χ0n) is 20.9. The summed E-state index contributed by atoms with van der Waals surface area (Å²) < 4.78 is 19.1. The zero-order valence-corrected chi connectivity index (χ0v) is 24.1. The van der Waals surface area contributed by atoms with Gasteiger partial charge in [0.15, 0.2) is 27.5 Å². The number of thiazole rings is 1. The maximum Gasteiger partial charge on any atom is 0.519 e. The van der Waals surface area contributed by atoms with Crippen LogP contribution in [0.1, 0.15) is 10.6 Å². The lowest BCUT2D eigenvalue weighted by molar-refractivity contribution is 0.152. The molecule has 0 amide bonds. The van der Waals surface area contributed by atoms with Gasteiger partial charge in [-0.25, -0.2) is 9.78 Å². The van der Waals surface area contributed by atoms with Crippen LogP contribution in [0.3, 0.4) is 0 Å². The van der Waals surface area contributed by atoms with Gasteiger partial charge in [-0.15, -0.1) is 21.5 Å². The van der Waals surface area contributed by atoms with Crippen molar-refractivity contribution in [3.8, 4) is 40.5 Å². The molecule has 2 aromatic heterocycles. The number of carbonyl (C=O) groups excluding carboxylic acids is 1. The van der Waals surface area contributed by atoms with Crippen molar-refractivity contribution in [2.75, 3.05) is 13.4 Å². The second-order valence-electron chi connectivity index (χ2n) is 7.98. The highest BCUT2D eigenvalue weighted by molar-refractivity contribution is 9.10. The molecule has 0 saturated heterocycles. The molecule has 0 unspecified atom stereocenters. The smallest absolute Gasteiger partial charge is 0.504 e. The van der Waals surface area contributed by atoms with E-state index in [0.717, 1.165) is 15.8 Å².